The molecule has 0 spiro atoms. The predicted molar refractivity (Wildman–Crippen MR) is 76.7 cm³/mol. The lowest BCUT2D eigenvalue weighted by Gasteiger charge is -2.17. The second-order valence-corrected chi connectivity index (χ2v) is 5.43. The van der Waals surface area contributed by atoms with Crippen LogP contribution in [0.2, 0.25) is 0 Å². The lowest BCUT2D eigenvalue weighted by atomic mass is 10.1. The van der Waals surface area contributed by atoms with E-state index in [1.807, 2.05) is 0 Å². The molecule has 0 saturated carbocycles. The van der Waals surface area contributed by atoms with E-state index in [0.29, 0.717) is 18.3 Å². The highest BCUT2D eigenvalue weighted by Crippen LogP contribution is 2.30. The summed E-state index contributed by atoms with van der Waals surface area (Å²) < 4.78 is 34.6. The number of halogens is 2. The molecule has 2 N–H and O–H groups in total. The third-order valence-corrected chi connectivity index (χ3v) is 3.68. The zero-order valence-electron chi connectivity index (χ0n) is 12.4. The molecule has 2 rings (SSSR count). The number of nitrogens with zero attached hydrogens (tertiary/aromatic N) is 1. The van der Waals surface area contributed by atoms with Crippen molar-refractivity contribution in [2.45, 2.75) is 33.0 Å². The van der Waals surface area contributed by atoms with E-state index in [1.165, 1.54) is 6.07 Å². The van der Waals surface area contributed by atoms with Crippen molar-refractivity contribution in [2.75, 3.05) is 19.7 Å². The van der Waals surface area contributed by atoms with Crippen LogP contribution in [0.3, 0.4) is 0 Å². The van der Waals surface area contributed by atoms with Crippen molar-refractivity contribution in [3.63, 3.8) is 0 Å². The molecule has 0 amide bonds. The number of hydrogen-bond donors (Lipinski definition) is 1. The van der Waals surface area contributed by atoms with Gasteiger partial charge in [-0.1, -0.05) is 13.0 Å². The predicted octanol–water partition coefficient (Wildman–Crippen LogP) is 2.47. The summed E-state index contributed by atoms with van der Waals surface area (Å²) in [5, 5.41) is 0. The SMILES string of the molecule is CCOc1cc(CN2CC(C)C(N)C2)ccc1OC(F)F. The number of rotatable bonds is 6. The molecule has 0 aliphatic carbocycles. The Morgan fingerprint density at radius 3 is 2.67 bits per heavy atom. The molecular formula is C15H22F2N2O2. The monoisotopic (exact) mass is 300 g/mol. The summed E-state index contributed by atoms with van der Waals surface area (Å²) in [6.07, 6.45) is 0. The molecule has 1 aromatic rings. The van der Waals surface area contributed by atoms with Gasteiger partial charge in [0.25, 0.3) is 0 Å². The Kier molecular flexibility index (Phi) is 5.36. The van der Waals surface area contributed by atoms with Gasteiger partial charge in [-0.2, -0.15) is 8.78 Å². The molecule has 1 heterocycles. The van der Waals surface area contributed by atoms with Gasteiger partial charge in [-0.25, -0.2) is 0 Å². The fourth-order valence-corrected chi connectivity index (χ4v) is 2.60. The van der Waals surface area contributed by atoms with Gasteiger partial charge >= 0.3 is 6.61 Å². The third kappa shape index (κ3) is 4.28. The average Bonchev–Trinajstić information content (AvgIpc) is 2.71. The number of nitrogens with two attached hydrogens (primary N) is 1. The van der Waals surface area contributed by atoms with Crippen LogP contribution in [0.25, 0.3) is 0 Å². The maximum atomic E-state index is 12.4. The van der Waals surface area contributed by atoms with E-state index in [9.17, 15) is 8.78 Å². The first-order valence-electron chi connectivity index (χ1n) is 7.18. The van der Waals surface area contributed by atoms with Gasteiger partial charge in [0.05, 0.1) is 6.61 Å². The summed E-state index contributed by atoms with van der Waals surface area (Å²) >= 11 is 0. The molecule has 4 nitrogen and oxygen atoms in total. The lowest BCUT2D eigenvalue weighted by molar-refractivity contribution is -0.0514. The first-order chi connectivity index (χ1) is 9.99. The van der Waals surface area contributed by atoms with Crippen LogP contribution in [-0.4, -0.2) is 37.2 Å². The minimum atomic E-state index is -2.85. The van der Waals surface area contributed by atoms with E-state index in [-0.39, 0.29) is 11.8 Å². The van der Waals surface area contributed by atoms with Crippen molar-refractivity contribution in [2.24, 2.45) is 11.7 Å². The summed E-state index contributed by atoms with van der Waals surface area (Å²) in [6, 6.07) is 5.27. The Morgan fingerprint density at radius 1 is 1.33 bits per heavy atom. The number of hydrogen-bond acceptors (Lipinski definition) is 4. The standard InChI is InChI=1S/C15H22F2N2O2/c1-3-20-14-6-11(4-5-13(14)21-15(16)17)8-19-7-10(2)12(18)9-19/h4-6,10,12,15H,3,7-9,18H2,1-2H3. The van der Waals surface area contributed by atoms with Crippen molar-refractivity contribution in [3.8, 4) is 11.5 Å². The summed E-state index contributed by atoms with van der Waals surface area (Å²) in [7, 11) is 0. The van der Waals surface area contributed by atoms with Crippen LogP contribution in [0, 0.1) is 5.92 Å². The smallest absolute Gasteiger partial charge is 0.387 e. The highest BCUT2D eigenvalue weighted by Gasteiger charge is 2.26. The minimum Gasteiger partial charge on any atom is -0.490 e. The molecule has 2 unspecified atom stereocenters. The normalized spacial score (nSPS) is 22.8. The van der Waals surface area contributed by atoms with Gasteiger partial charge in [0.15, 0.2) is 11.5 Å². The van der Waals surface area contributed by atoms with Crippen LogP contribution in [-0.2, 0) is 6.54 Å². The molecule has 1 aliphatic rings. The Morgan fingerprint density at radius 2 is 2.10 bits per heavy atom. The Hall–Kier alpha value is -1.40. The fraction of sp³-hybridized carbons (Fsp3) is 0.600. The summed E-state index contributed by atoms with van der Waals surface area (Å²) in [5.74, 6) is 0.895. The highest BCUT2D eigenvalue weighted by atomic mass is 19.3. The highest BCUT2D eigenvalue weighted by molar-refractivity contribution is 5.43. The van der Waals surface area contributed by atoms with E-state index in [0.717, 1.165) is 25.2 Å². The second-order valence-electron chi connectivity index (χ2n) is 5.43. The molecule has 118 valence electrons. The molecule has 2 atom stereocenters. The lowest BCUT2D eigenvalue weighted by Crippen LogP contribution is -2.28. The van der Waals surface area contributed by atoms with Crippen molar-refractivity contribution in [3.05, 3.63) is 23.8 Å². The number of benzene rings is 1. The zero-order valence-corrected chi connectivity index (χ0v) is 12.4. The first kappa shape index (κ1) is 16.0. The third-order valence-electron chi connectivity index (χ3n) is 3.68. The quantitative estimate of drug-likeness (QED) is 0.877. The van der Waals surface area contributed by atoms with Gasteiger partial charge in [-0.05, 0) is 30.5 Å². The van der Waals surface area contributed by atoms with Crippen molar-refractivity contribution >= 4 is 0 Å². The van der Waals surface area contributed by atoms with E-state index < -0.39 is 6.61 Å². The van der Waals surface area contributed by atoms with Gasteiger partial charge in [0, 0.05) is 25.7 Å². The molecule has 1 aliphatic heterocycles. The molecule has 1 aromatic carbocycles. The molecular weight excluding hydrogens is 278 g/mol. The van der Waals surface area contributed by atoms with Gasteiger partial charge < -0.3 is 15.2 Å². The molecule has 0 bridgehead atoms. The van der Waals surface area contributed by atoms with Gasteiger partial charge in [-0.3, -0.25) is 4.90 Å². The number of alkyl halides is 2. The minimum absolute atomic E-state index is 0.0714. The summed E-state index contributed by atoms with van der Waals surface area (Å²) in [4.78, 5) is 2.26. The largest absolute Gasteiger partial charge is 0.490 e. The average molecular weight is 300 g/mol. The Bertz CT molecular complexity index is 461. The van der Waals surface area contributed by atoms with E-state index in [4.69, 9.17) is 10.5 Å². The van der Waals surface area contributed by atoms with Gasteiger partial charge in [0.1, 0.15) is 0 Å². The van der Waals surface area contributed by atoms with Crippen LogP contribution >= 0.6 is 0 Å². The van der Waals surface area contributed by atoms with Crippen molar-refractivity contribution in [1.29, 1.82) is 0 Å². The van der Waals surface area contributed by atoms with Gasteiger partial charge in [0.2, 0.25) is 0 Å². The van der Waals surface area contributed by atoms with Crippen LogP contribution < -0.4 is 15.2 Å². The van der Waals surface area contributed by atoms with Gasteiger partial charge in [-0.15, -0.1) is 0 Å². The van der Waals surface area contributed by atoms with E-state index in [1.54, 1.807) is 19.1 Å². The van der Waals surface area contributed by atoms with E-state index >= 15 is 0 Å². The number of ether oxygens (including phenoxy) is 2. The molecule has 0 radical (unpaired) electrons. The molecule has 1 fully saturated rings. The van der Waals surface area contributed by atoms with Crippen LogP contribution in [0.1, 0.15) is 19.4 Å². The molecule has 6 heteroatoms. The molecule has 1 saturated heterocycles. The topological polar surface area (TPSA) is 47.7 Å². The van der Waals surface area contributed by atoms with E-state index in [2.05, 4.69) is 16.6 Å². The fourth-order valence-electron chi connectivity index (χ4n) is 2.60. The second kappa shape index (κ2) is 7.04. The molecule has 21 heavy (non-hydrogen) atoms. The van der Waals surface area contributed by atoms with Crippen LogP contribution in [0.4, 0.5) is 8.78 Å². The van der Waals surface area contributed by atoms with Crippen LogP contribution in [0.15, 0.2) is 18.2 Å². The summed E-state index contributed by atoms with van der Waals surface area (Å²) in [6.45, 7) is 4.01. The number of likely N-dealkylation sites (tertiary alicyclic amines) is 1. The summed E-state index contributed by atoms with van der Waals surface area (Å²) in [5.41, 5.74) is 7.01. The van der Waals surface area contributed by atoms with Crippen molar-refractivity contribution < 1.29 is 18.3 Å². The van der Waals surface area contributed by atoms with Crippen molar-refractivity contribution in [1.82, 2.24) is 4.90 Å². The van der Waals surface area contributed by atoms with Crippen LogP contribution in [0.5, 0.6) is 11.5 Å². The Labute approximate surface area is 123 Å². The zero-order chi connectivity index (χ0) is 15.4. The maximum Gasteiger partial charge on any atom is 0.387 e. The first-order valence-corrected chi connectivity index (χ1v) is 7.18. The Balaban J connectivity index is 2.08. The maximum absolute atomic E-state index is 12.4. The molecule has 0 aromatic heterocycles.